The van der Waals surface area contributed by atoms with Crippen molar-refractivity contribution in [1.82, 2.24) is 15.0 Å². The molecule has 0 saturated carbocycles. The zero-order chi connectivity index (χ0) is 19.7. The van der Waals surface area contributed by atoms with Gasteiger partial charge in [-0.15, -0.1) is 0 Å². The van der Waals surface area contributed by atoms with E-state index in [1.165, 1.54) is 6.20 Å². The lowest BCUT2D eigenvalue weighted by Crippen LogP contribution is -2.14. The van der Waals surface area contributed by atoms with Gasteiger partial charge in [0.25, 0.3) is 0 Å². The number of anilines is 1. The monoisotopic (exact) mass is 386 g/mol. The van der Waals surface area contributed by atoms with E-state index in [-0.39, 0.29) is 17.7 Å². The van der Waals surface area contributed by atoms with Crippen LogP contribution in [0.25, 0.3) is 11.4 Å². The molecule has 144 valence electrons. The Hall–Kier alpha value is -3.16. The molecular formula is C20H17F3N4O. The molecule has 2 heterocycles. The molecule has 0 spiro atoms. The molecule has 1 aromatic carbocycles. The minimum Gasteiger partial charge on any atom is -0.496 e. The zero-order valence-electron chi connectivity index (χ0n) is 15.0. The molecule has 5 nitrogen and oxygen atoms in total. The number of pyridine rings is 1. The van der Waals surface area contributed by atoms with E-state index in [0.717, 1.165) is 35.8 Å². The topological polar surface area (TPSA) is 59.9 Å². The predicted octanol–water partition coefficient (Wildman–Crippen LogP) is 4.67. The average molecular weight is 386 g/mol. The molecule has 1 aliphatic carbocycles. The summed E-state index contributed by atoms with van der Waals surface area (Å²) < 4.78 is 45.5. The Balaban J connectivity index is 1.71. The van der Waals surface area contributed by atoms with Crippen LogP contribution in [0.3, 0.4) is 0 Å². The van der Waals surface area contributed by atoms with Gasteiger partial charge in [0.15, 0.2) is 11.5 Å². The van der Waals surface area contributed by atoms with Gasteiger partial charge in [-0.1, -0.05) is 12.1 Å². The molecule has 0 aliphatic heterocycles. The first kappa shape index (κ1) is 18.2. The van der Waals surface area contributed by atoms with Gasteiger partial charge in [0.1, 0.15) is 11.6 Å². The van der Waals surface area contributed by atoms with Gasteiger partial charge < -0.3 is 10.1 Å². The largest absolute Gasteiger partial charge is 0.496 e. The van der Waals surface area contributed by atoms with Crippen molar-refractivity contribution in [2.24, 2.45) is 0 Å². The quantitative estimate of drug-likeness (QED) is 0.706. The summed E-state index contributed by atoms with van der Waals surface area (Å²) in [4.78, 5) is 11.9. The Morgan fingerprint density at radius 1 is 1.14 bits per heavy atom. The van der Waals surface area contributed by atoms with E-state index in [1.54, 1.807) is 25.4 Å². The lowest BCUT2D eigenvalue weighted by molar-refractivity contribution is -0.141. The highest BCUT2D eigenvalue weighted by Gasteiger charge is 2.34. The fourth-order valence-corrected chi connectivity index (χ4v) is 3.43. The molecule has 8 heteroatoms. The summed E-state index contributed by atoms with van der Waals surface area (Å²) in [6.07, 6.45) is -0.0752. The molecule has 0 amide bonds. The molecule has 0 radical (unpaired) electrons. The number of nitrogens with zero attached hydrogens (tertiary/aromatic N) is 3. The van der Waals surface area contributed by atoms with Crippen LogP contribution in [0.4, 0.5) is 19.0 Å². The summed E-state index contributed by atoms with van der Waals surface area (Å²) >= 11 is 0. The molecule has 0 saturated heterocycles. The van der Waals surface area contributed by atoms with Crippen molar-refractivity contribution in [2.75, 3.05) is 12.4 Å². The number of methoxy groups -OCH3 is 1. The third kappa shape index (κ3) is 3.49. The lowest BCUT2D eigenvalue weighted by Gasteiger charge is -2.17. The van der Waals surface area contributed by atoms with Crippen LogP contribution in [0.5, 0.6) is 5.75 Å². The van der Waals surface area contributed by atoms with Gasteiger partial charge in [-0.2, -0.15) is 13.2 Å². The number of fused-ring (bicyclic) bond motifs is 1. The van der Waals surface area contributed by atoms with E-state index in [2.05, 4.69) is 20.3 Å². The number of halogens is 3. The lowest BCUT2D eigenvalue weighted by atomic mass is 10.1. The van der Waals surface area contributed by atoms with Gasteiger partial charge in [-0.3, -0.25) is 4.98 Å². The normalized spacial score (nSPS) is 15.9. The van der Waals surface area contributed by atoms with Gasteiger partial charge in [-0.05, 0) is 42.2 Å². The minimum absolute atomic E-state index is 0.0192. The molecule has 28 heavy (non-hydrogen) atoms. The van der Waals surface area contributed by atoms with Crippen molar-refractivity contribution in [3.05, 3.63) is 65.6 Å². The highest BCUT2D eigenvalue weighted by molar-refractivity contribution is 5.57. The van der Waals surface area contributed by atoms with Crippen molar-refractivity contribution in [1.29, 1.82) is 0 Å². The number of hydrogen-bond acceptors (Lipinski definition) is 5. The van der Waals surface area contributed by atoms with Crippen LogP contribution in [0.15, 0.2) is 48.8 Å². The molecule has 4 rings (SSSR count). The first-order chi connectivity index (χ1) is 13.5. The summed E-state index contributed by atoms with van der Waals surface area (Å²) in [5.41, 5.74) is 1.51. The Labute approximate surface area is 159 Å². The molecule has 3 aromatic rings. The first-order valence-electron chi connectivity index (χ1n) is 8.74. The van der Waals surface area contributed by atoms with Gasteiger partial charge in [-0.25, -0.2) is 9.97 Å². The summed E-state index contributed by atoms with van der Waals surface area (Å²) in [5, 5.41) is 3.14. The fraction of sp³-hybridized carbons (Fsp3) is 0.250. The van der Waals surface area contributed by atoms with E-state index in [4.69, 9.17) is 4.74 Å². The Bertz CT molecular complexity index is 992. The number of alkyl halides is 3. The van der Waals surface area contributed by atoms with Crippen molar-refractivity contribution >= 4 is 5.82 Å². The summed E-state index contributed by atoms with van der Waals surface area (Å²) in [5.74, 6) is 0.896. The highest BCUT2D eigenvalue weighted by atomic mass is 19.4. The maximum Gasteiger partial charge on any atom is 0.433 e. The maximum atomic E-state index is 13.4. The third-order valence-corrected chi connectivity index (χ3v) is 4.71. The third-order valence-electron chi connectivity index (χ3n) is 4.71. The standard InChI is InChI=1S/C20H17F3N4O/c1-28-16-6-2-5-13-14(16)7-8-15(13)25-18-10-17(20(21,22)23)26-19(27-18)12-4-3-9-24-11-12/h2-6,9-11,15H,7-8H2,1H3,(H,25,26,27). The van der Waals surface area contributed by atoms with Crippen LogP contribution in [0, 0.1) is 0 Å². The van der Waals surface area contributed by atoms with Crippen molar-refractivity contribution in [2.45, 2.75) is 25.1 Å². The maximum absolute atomic E-state index is 13.4. The van der Waals surface area contributed by atoms with Crippen molar-refractivity contribution in [3.8, 4) is 17.1 Å². The van der Waals surface area contributed by atoms with E-state index >= 15 is 0 Å². The van der Waals surface area contributed by atoms with Gasteiger partial charge in [0.2, 0.25) is 0 Å². The van der Waals surface area contributed by atoms with Gasteiger partial charge in [0.05, 0.1) is 13.2 Å². The second kappa shape index (κ2) is 7.10. The molecule has 1 atom stereocenters. The van der Waals surface area contributed by atoms with Gasteiger partial charge >= 0.3 is 6.18 Å². The van der Waals surface area contributed by atoms with E-state index in [0.29, 0.717) is 5.56 Å². The summed E-state index contributed by atoms with van der Waals surface area (Å²) in [6, 6.07) is 9.76. The molecule has 0 fully saturated rings. The first-order valence-corrected chi connectivity index (χ1v) is 8.74. The number of nitrogens with one attached hydrogen (secondary N) is 1. The molecule has 0 bridgehead atoms. The van der Waals surface area contributed by atoms with Crippen molar-refractivity contribution in [3.63, 3.8) is 0 Å². The van der Waals surface area contributed by atoms with E-state index < -0.39 is 11.9 Å². The number of rotatable bonds is 4. The highest BCUT2D eigenvalue weighted by Crippen LogP contribution is 2.39. The molecule has 1 unspecified atom stereocenters. The number of benzene rings is 1. The molecule has 1 N–H and O–H groups in total. The average Bonchev–Trinajstić information content (AvgIpc) is 3.11. The number of aromatic nitrogens is 3. The predicted molar refractivity (Wildman–Crippen MR) is 97.9 cm³/mol. The number of hydrogen-bond donors (Lipinski definition) is 1. The Morgan fingerprint density at radius 3 is 2.71 bits per heavy atom. The van der Waals surface area contributed by atoms with Crippen LogP contribution >= 0.6 is 0 Å². The van der Waals surface area contributed by atoms with E-state index in [9.17, 15) is 13.2 Å². The van der Waals surface area contributed by atoms with Crippen LogP contribution in [0.2, 0.25) is 0 Å². The molecular weight excluding hydrogens is 369 g/mol. The van der Waals surface area contributed by atoms with Crippen LogP contribution in [0.1, 0.15) is 29.3 Å². The zero-order valence-corrected chi connectivity index (χ0v) is 15.0. The molecule has 2 aromatic heterocycles. The van der Waals surface area contributed by atoms with Gasteiger partial charge in [0, 0.05) is 24.0 Å². The van der Waals surface area contributed by atoms with Crippen LogP contribution in [-0.4, -0.2) is 22.1 Å². The number of ether oxygens (including phenoxy) is 1. The molecule has 1 aliphatic rings. The van der Waals surface area contributed by atoms with Crippen LogP contribution in [-0.2, 0) is 12.6 Å². The Kier molecular flexibility index (Phi) is 4.62. The van der Waals surface area contributed by atoms with E-state index in [1.807, 2.05) is 18.2 Å². The smallest absolute Gasteiger partial charge is 0.433 e. The van der Waals surface area contributed by atoms with Crippen LogP contribution < -0.4 is 10.1 Å². The fourth-order valence-electron chi connectivity index (χ4n) is 3.43. The summed E-state index contributed by atoms with van der Waals surface area (Å²) in [6.45, 7) is 0. The second-order valence-corrected chi connectivity index (χ2v) is 6.47. The SMILES string of the molecule is COc1cccc2c1CCC2Nc1cc(C(F)(F)F)nc(-c2cccnc2)n1. The second-order valence-electron chi connectivity index (χ2n) is 6.47. The van der Waals surface area contributed by atoms with Crippen molar-refractivity contribution < 1.29 is 17.9 Å². The minimum atomic E-state index is -4.58. The Morgan fingerprint density at radius 2 is 2.00 bits per heavy atom. The summed E-state index contributed by atoms with van der Waals surface area (Å²) in [7, 11) is 1.61.